The molecule has 8 nitrogen and oxygen atoms in total. The monoisotopic (exact) mass is 409 g/mol. The third kappa shape index (κ3) is 3.87. The quantitative estimate of drug-likeness (QED) is 0.690. The molecule has 1 aromatic carbocycles. The van der Waals surface area contributed by atoms with Gasteiger partial charge in [0.1, 0.15) is 5.54 Å². The van der Waals surface area contributed by atoms with E-state index < -0.39 is 34.4 Å². The zero-order valence-corrected chi connectivity index (χ0v) is 15.1. The molecule has 132 valence electrons. The van der Waals surface area contributed by atoms with Crippen LogP contribution < -0.4 is 10.9 Å². The Balaban J connectivity index is 2.47. The van der Waals surface area contributed by atoms with Crippen molar-refractivity contribution in [3.63, 3.8) is 0 Å². The molecule has 1 atom stereocenters. The number of aromatic nitrogens is 2. The van der Waals surface area contributed by atoms with Crippen molar-refractivity contribution in [2.24, 2.45) is 0 Å². The number of hydrogen-bond donors (Lipinski definition) is 3. The average Bonchev–Trinajstić information content (AvgIpc) is 2.55. The van der Waals surface area contributed by atoms with Gasteiger partial charge >= 0.3 is 5.97 Å². The highest BCUT2D eigenvalue weighted by Crippen LogP contribution is 2.17. The summed E-state index contributed by atoms with van der Waals surface area (Å²) in [6.45, 7) is 2.94. The fourth-order valence-electron chi connectivity index (χ4n) is 1.98. The lowest BCUT2D eigenvalue weighted by atomic mass is 9.99. The van der Waals surface area contributed by atoms with Crippen LogP contribution in [-0.4, -0.2) is 37.4 Å². The van der Waals surface area contributed by atoms with E-state index in [4.69, 9.17) is 0 Å². The minimum atomic E-state index is -1.52. The number of amides is 1. The Kier molecular flexibility index (Phi) is 5.27. The molecule has 1 amide bonds. The Morgan fingerprint density at radius 2 is 1.92 bits per heavy atom. The molecule has 0 bridgehead atoms. The van der Waals surface area contributed by atoms with Gasteiger partial charge in [0, 0.05) is 10.5 Å². The molecule has 25 heavy (non-hydrogen) atoms. The maximum Gasteiger partial charge on any atom is 0.329 e. The van der Waals surface area contributed by atoms with E-state index in [1.807, 2.05) is 0 Å². The summed E-state index contributed by atoms with van der Waals surface area (Å²) < 4.78 is 1.74. The van der Waals surface area contributed by atoms with Crippen LogP contribution in [0.4, 0.5) is 0 Å². The molecule has 1 heterocycles. The van der Waals surface area contributed by atoms with Crippen LogP contribution in [0.15, 0.2) is 39.6 Å². The minimum Gasteiger partial charge on any atom is -0.505 e. The first kappa shape index (κ1) is 18.7. The Labute approximate surface area is 151 Å². The standard InChI is InChI=1S/C16H16BrN3O5/c1-3-16(2,15(24)25)18-14(23)13-11(21)8-12(22)20(19-13)10-6-4-9(17)5-7-10/h4-8,21H,3H2,1-2H3,(H,18,23)(H,24,25). The highest BCUT2D eigenvalue weighted by molar-refractivity contribution is 9.10. The number of aromatic hydroxyl groups is 1. The number of aliphatic carboxylic acids is 1. The van der Waals surface area contributed by atoms with E-state index in [2.05, 4.69) is 26.3 Å². The molecule has 0 aliphatic carbocycles. The van der Waals surface area contributed by atoms with E-state index in [0.717, 1.165) is 15.2 Å². The van der Waals surface area contributed by atoms with Crippen molar-refractivity contribution in [3.05, 3.63) is 50.9 Å². The van der Waals surface area contributed by atoms with Gasteiger partial charge in [-0.3, -0.25) is 9.59 Å². The summed E-state index contributed by atoms with van der Waals surface area (Å²) in [6.07, 6.45) is 0.126. The van der Waals surface area contributed by atoms with Crippen LogP contribution in [0.1, 0.15) is 30.8 Å². The number of nitrogens with one attached hydrogen (secondary N) is 1. The molecule has 1 unspecified atom stereocenters. The molecule has 0 fully saturated rings. The van der Waals surface area contributed by atoms with E-state index in [1.54, 1.807) is 31.2 Å². The molecular weight excluding hydrogens is 394 g/mol. The minimum absolute atomic E-state index is 0.126. The van der Waals surface area contributed by atoms with Crippen molar-refractivity contribution in [2.45, 2.75) is 25.8 Å². The van der Waals surface area contributed by atoms with E-state index in [-0.39, 0.29) is 6.42 Å². The molecule has 2 rings (SSSR count). The van der Waals surface area contributed by atoms with E-state index >= 15 is 0 Å². The van der Waals surface area contributed by atoms with Gasteiger partial charge in [0.15, 0.2) is 11.4 Å². The smallest absolute Gasteiger partial charge is 0.329 e. The fourth-order valence-corrected chi connectivity index (χ4v) is 2.24. The molecule has 0 saturated carbocycles. The van der Waals surface area contributed by atoms with Gasteiger partial charge in [0.2, 0.25) is 0 Å². The van der Waals surface area contributed by atoms with Crippen molar-refractivity contribution in [2.75, 3.05) is 0 Å². The van der Waals surface area contributed by atoms with Crippen molar-refractivity contribution < 1.29 is 19.8 Å². The summed E-state index contributed by atoms with van der Waals surface area (Å²) in [7, 11) is 0. The van der Waals surface area contributed by atoms with Crippen molar-refractivity contribution >= 4 is 27.8 Å². The second kappa shape index (κ2) is 7.06. The molecule has 0 radical (unpaired) electrons. The number of nitrogens with zero attached hydrogens (tertiary/aromatic N) is 2. The van der Waals surface area contributed by atoms with Crippen LogP contribution in [0.2, 0.25) is 0 Å². The summed E-state index contributed by atoms with van der Waals surface area (Å²) in [4.78, 5) is 35.7. The zero-order valence-electron chi connectivity index (χ0n) is 13.5. The summed E-state index contributed by atoms with van der Waals surface area (Å²) >= 11 is 3.27. The number of benzene rings is 1. The van der Waals surface area contributed by atoms with Gasteiger partial charge in [-0.1, -0.05) is 22.9 Å². The topological polar surface area (TPSA) is 122 Å². The number of carboxylic acids is 1. The van der Waals surface area contributed by atoms with Gasteiger partial charge in [0.25, 0.3) is 11.5 Å². The normalized spacial score (nSPS) is 13.1. The van der Waals surface area contributed by atoms with Gasteiger partial charge in [0.05, 0.1) is 5.69 Å². The van der Waals surface area contributed by atoms with Crippen LogP contribution in [0, 0.1) is 0 Å². The first-order valence-electron chi connectivity index (χ1n) is 7.33. The highest BCUT2D eigenvalue weighted by atomic mass is 79.9. The van der Waals surface area contributed by atoms with Crippen molar-refractivity contribution in [1.82, 2.24) is 15.1 Å². The lowest BCUT2D eigenvalue weighted by molar-refractivity contribution is -0.143. The fraction of sp³-hybridized carbons (Fsp3) is 0.250. The molecule has 0 aliphatic heterocycles. The molecule has 0 saturated heterocycles. The lowest BCUT2D eigenvalue weighted by Gasteiger charge is -2.24. The maximum absolute atomic E-state index is 12.4. The van der Waals surface area contributed by atoms with Gasteiger partial charge in [-0.2, -0.15) is 9.78 Å². The Morgan fingerprint density at radius 3 is 2.44 bits per heavy atom. The predicted octanol–water partition coefficient (Wildman–Crippen LogP) is 1.68. The zero-order chi connectivity index (χ0) is 18.8. The lowest BCUT2D eigenvalue weighted by Crippen LogP contribution is -2.52. The van der Waals surface area contributed by atoms with Crippen LogP contribution in [-0.2, 0) is 4.79 Å². The Hall–Kier alpha value is -2.68. The first-order chi connectivity index (χ1) is 11.7. The van der Waals surface area contributed by atoms with Gasteiger partial charge in [-0.25, -0.2) is 4.79 Å². The largest absolute Gasteiger partial charge is 0.505 e. The number of carbonyl (C=O) groups excluding carboxylic acids is 1. The van der Waals surface area contributed by atoms with Gasteiger partial charge < -0.3 is 15.5 Å². The van der Waals surface area contributed by atoms with Crippen LogP contribution in [0.5, 0.6) is 5.75 Å². The third-order valence-corrected chi connectivity index (χ3v) is 4.30. The SMILES string of the molecule is CCC(C)(NC(=O)c1nn(-c2ccc(Br)cc2)c(=O)cc1O)C(=O)O. The Morgan fingerprint density at radius 1 is 1.32 bits per heavy atom. The highest BCUT2D eigenvalue weighted by Gasteiger charge is 2.34. The predicted molar refractivity (Wildman–Crippen MR) is 93.0 cm³/mol. The van der Waals surface area contributed by atoms with E-state index in [9.17, 15) is 24.6 Å². The van der Waals surface area contributed by atoms with Gasteiger partial charge in [-0.15, -0.1) is 0 Å². The summed E-state index contributed by atoms with van der Waals surface area (Å²) in [6, 6.07) is 7.44. The van der Waals surface area contributed by atoms with E-state index in [0.29, 0.717) is 5.69 Å². The summed E-state index contributed by atoms with van der Waals surface area (Å²) in [5.41, 5.74) is -2.21. The molecule has 0 spiro atoms. The van der Waals surface area contributed by atoms with Crippen LogP contribution >= 0.6 is 15.9 Å². The summed E-state index contributed by atoms with van der Waals surface area (Å²) in [5.74, 6) is -2.74. The molecule has 3 N–H and O–H groups in total. The molecule has 1 aromatic heterocycles. The first-order valence-corrected chi connectivity index (χ1v) is 8.12. The third-order valence-electron chi connectivity index (χ3n) is 3.77. The second-order valence-corrected chi connectivity index (χ2v) is 6.47. The number of halogens is 1. The number of rotatable bonds is 5. The summed E-state index contributed by atoms with van der Waals surface area (Å²) in [5, 5.41) is 25.3. The Bertz CT molecular complexity index is 878. The van der Waals surface area contributed by atoms with Crippen molar-refractivity contribution in [3.8, 4) is 11.4 Å². The maximum atomic E-state index is 12.4. The number of hydrogen-bond acceptors (Lipinski definition) is 5. The second-order valence-electron chi connectivity index (χ2n) is 5.55. The van der Waals surface area contributed by atoms with E-state index in [1.165, 1.54) is 6.92 Å². The van der Waals surface area contributed by atoms with Crippen LogP contribution in [0.3, 0.4) is 0 Å². The average molecular weight is 410 g/mol. The number of carboxylic acid groups (broad SMARTS) is 1. The number of carbonyl (C=O) groups is 2. The molecular formula is C16H16BrN3O5. The molecule has 2 aromatic rings. The van der Waals surface area contributed by atoms with Crippen LogP contribution in [0.25, 0.3) is 5.69 Å². The van der Waals surface area contributed by atoms with Crippen molar-refractivity contribution in [1.29, 1.82) is 0 Å². The molecule has 9 heteroatoms. The van der Waals surface area contributed by atoms with Gasteiger partial charge in [-0.05, 0) is 37.6 Å². The molecule has 0 aliphatic rings.